The average molecular weight is 304 g/mol. The Morgan fingerprint density at radius 2 is 1.68 bits per heavy atom. The number of hydrogen-bond acceptors (Lipinski definition) is 3. The van der Waals surface area contributed by atoms with E-state index in [9.17, 15) is 14.4 Å². The van der Waals surface area contributed by atoms with Crippen molar-refractivity contribution in [2.24, 2.45) is 0 Å². The summed E-state index contributed by atoms with van der Waals surface area (Å²) in [5.41, 5.74) is 0.111. The Morgan fingerprint density at radius 3 is 2.21 bits per heavy atom. The number of carboxylic acid groups (broad SMARTS) is 2. The molecule has 8 heteroatoms. The molecule has 0 unspecified atom stereocenters. The molecule has 1 rings (SSSR count). The monoisotopic (exact) mass is 303 g/mol. The Balaban J connectivity index is 2.95. The molecule has 0 spiro atoms. The molecular weight excluding hydrogens is 297 g/mol. The zero-order valence-electron chi connectivity index (χ0n) is 9.18. The Labute approximate surface area is 117 Å². The van der Waals surface area contributed by atoms with E-state index in [1.54, 1.807) is 0 Å². The molecule has 0 saturated heterocycles. The minimum absolute atomic E-state index is 0.0396. The van der Waals surface area contributed by atoms with Gasteiger partial charge in [0.05, 0.1) is 5.56 Å². The zero-order valence-corrected chi connectivity index (χ0v) is 10.7. The number of hydrogen-bond donors (Lipinski definition) is 3. The summed E-state index contributed by atoms with van der Waals surface area (Å²) in [6, 6.07) is 5.36. The first kappa shape index (κ1) is 15.0. The lowest BCUT2D eigenvalue weighted by Crippen LogP contribution is -2.14. The van der Waals surface area contributed by atoms with Gasteiger partial charge in [0.25, 0.3) is 5.91 Å². The van der Waals surface area contributed by atoms with Crippen molar-refractivity contribution in [3.63, 3.8) is 0 Å². The summed E-state index contributed by atoms with van der Waals surface area (Å²) in [6.45, 7) is 0. The van der Waals surface area contributed by atoms with Gasteiger partial charge in [-0.1, -0.05) is 29.3 Å². The maximum atomic E-state index is 11.5. The summed E-state index contributed by atoms with van der Waals surface area (Å²) < 4.78 is 0. The summed E-state index contributed by atoms with van der Waals surface area (Å²) in [7, 11) is 0. The van der Waals surface area contributed by atoms with Gasteiger partial charge in [-0.3, -0.25) is 4.79 Å². The molecular formula is C11H7Cl2NO5. The topological polar surface area (TPSA) is 104 Å². The van der Waals surface area contributed by atoms with Gasteiger partial charge in [0.15, 0.2) is 0 Å². The molecule has 0 fully saturated rings. The van der Waals surface area contributed by atoms with E-state index in [0.29, 0.717) is 0 Å². The second kappa shape index (κ2) is 6.21. The molecule has 0 aliphatic carbocycles. The largest absolute Gasteiger partial charge is 0.478 e. The highest BCUT2D eigenvalue weighted by atomic mass is 35.5. The molecule has 19 heavy (non-hydrogen) atoms. The van der Waals surface area contributed by atoms with Crippen LogP contribution in [0, 0.1) is 0 Å². The van der Waals surface area contributed by atoms with Crippen LogP contribution in [-0.4, -0.2) is 28.1 Å². The molecule has 0 aliphatic heterocycles. The fourth-order valence-corrected chi connectivity index (χ4v) is 1.32. The second-order valence-electron chi connectivity index (χ2n) is 3.27. The Kier molecular flexibility index (Phi) is 4.91. The molecule has 0 saturated carbocycles. The number of halogens is 2. The van der Waals surface area contributed by atoms with E-state index in [1.807, 2.05) is 0 Å². The van der Waals surface area contributed by atoms with Gasteiger partial charge in [0.2, 0.25) is 0 Å². The molecule has 3 N–H and O–H groups in total. The quantitative estimate of drug-likeness (QED) is 0.739. The lowest BCUT2D eigenvalue weighted by Gasteiger charge is -2.05. The van der Waals surface area contributed by atoms with Crippen molar-refractivity contribution >= 4 is 46.7 Å². The molecule has 1 aromatic rings. The summed E-state index contributed by atoms with van der Waals surface area (Å²) in [4.78, 5) is 32.8. The number of benzene rings is 1. The van der Waals surface area contributed by atoms with Crippen molar-refractivity contribution in [2.75, 3.05) is 5.32 Å². The van der Waals surface area contributed by atoms with Crippen molar-refractivity contribution in [3.8, 4) is 0 Å². The smallest absolute Gasteiger partial charge is 0.349 e. The Hall–Kier alpha value is -2.05. The van der Waals surface area contributed by atoms with Crippen LogP contribution in [0.3, 0.4) is 0 Å². The predicted octanol–water partition coefficient (Wildman–Crippen LogP) is 2.10. The molecule has 0 aromatic heterocycles. The lowest BCUT2D eigenvalue weighted by atomic mass is 10.2. The maximum Gasteiger partial charge on any atom is 0.349 e. The van der Waals surface area contributed by atoms with Crippen LogP contribution in [-0.2, 0) is 9.59 Å². The highest BCUT2D eigenvalue weighted by molar-refractivity contribution is 6.54. The first-order chi connectivity index (χ1) is 8.82. The van der Waals surface area contributed by atoms with Gasteiger partial charge in [0, 0.05) is 5.69 Å². The van der Waals surface area contributed by atoms with Gasteiger partial charge in [-0.05, 0) is 18.2 Å². The number of carbonyl (C=O) groups is 3. The minimum atomic E-state index is -1.54. The summed E-state index contributed by atoms with van der Waals surface area (Å²) in [5.74, 6) is -3.65. The number of nitrogens with one attached hydrogen (secondary N) is 1. The van der Waals surface area contributed by atoms with Crippen LogP contribution in [0.25, 0.3) is 0 Å². The van der Waals surface area contributed by atoms with Crippen LogP contribution >= 0.6 is 23.2 Å². The molecule has 0 bridgehead atoms. The first-order valence-corrected chi connectivity index (χ1v) is 5.51. The standard InChI is InChI=1S/C11H7Cl2NO5/c12-7(8(13)11(18)19)9(15)14-6-3-1-2-5(4-6)10(16)17/h1-4H,(H,14,15)(H,16,17)(H,18,19)/b8-7-. The summed E-state index contributed by atoms with van der Waals surface area (Å²) >= 11 is 10.8. The predicted molar refractivity (Wildman–Crippen MR) is 68.4 cm³/mol. The van der Waals surface area contributed by atoms with E-state index in [2.05, 4.69) is 5.32 Å². The number of aromatic carboxylic acids is 1. The molecule has 0 aliphatic rings. The fourth-order valence-electron chi connectivity index (χ4n) is 1.11. The summed E-state index contributed by atoms with van der Waals surface area (Å²) in [5, 5.41) is 18.0. The molecule has 6 nitrogen and oxygen atoms in total. The van der Waals surface area contributed by atoms with E-state index in [0.717, 1.165) is 0 Å². The van der Waals surface area contributed by atoms with Crippen LogP contribution in [0.5, 0.6) is 0 Å². The number of rotatable bonds is 4. The number of carbonyl (C=O) groups excluding carboxylic acids is 1. The highest BCUT2D eigenvalue weighted by Crippen LogP contribution is 2.17. The molecule has 0 atom stereocenters. The van der Waals surface area contributed by atoms with E-state index in [-0.39, 0.29) is 11.3 Å². The van der Waals surface area contributed by atoms with Crippen molar-refractivity contribution in [2.45, 2.75) is 0 Å². The van der Waals surface area contributed by atoms with Crippen LogP contribution in [0.4, 0.5) is 5.69 Å². The Bertz CT molecular complexity index is 582. The van der Waals surface area contributed by atoms with Gasteiger partial charge >= 0.3 is 11.9 Å². The van der Waals surface area contributed by atoms with Gasteiger partial charge in [-0.2, -0.15) is 0 Å². The number of aliphatic carboxylic acids is 1. The van der Waals surface area contributed by atoms with Crippen LogP contribution < -0.4 is 5.32 Å². The van der Waals surface area contributed by atoms with Crippen LogP contribution in [0.15, 0.2) is 34.3 Å². The van der Waals surface area contributed by atoms with Crippen molar-refractivity contribution in [3.05, 3.63) is 39.9 Å². The molecule has 0 heterocycles. The van der Waals surface area contributed by atoms with Gasteiger partial charge in [-0.15, -0.1) is 0 Å². The van der Waals surface area contributed by atoms with E-state index >= 15 is 0 Å². The van der Waals surface area contributed by atoms with Gasteiger partial charge in [-0.25, -0.2) is 9.59 Å². The Morgan fingerprint density at radius 1 is 1.05 bits per heavy atom. The van der Waals surface area contributed by atoms with Gasteiger partial charge < -0.3 is 15.5 Å². The minimum Gasteiger partial charge on any atom is -0.478 e. The van der Waals surface area contributed by atoms with E-state index < -0.39 is 27.9 Å². The highest BCUT2D eigenvalue weighted by Gasteiger charge is 2.17. The summed E-state index contributed by atoms with van der Waals surface area (Å²) in [6.07, 6.45) is 0. The fraction of sp³-hybridized carbons (Fsp3) is 0. The number of carboxylic acids is 2. The normalized spacial score (nSPS) is 11.5. The molecule has 1 amide bonds. The van der Waals surface area contributed by atoms with E-state index in [4.69, 9.17) is 33.4 Å². The van der Waals surface area contributed by atoms with Crippen molar-refractivity contribution in [1.29, 1.82) is 0 Å². The molecule has 1 aromatic carbocycles. The maximum absolute atomic E-state index is 11.5. The SMILES string of the molecule is O=C(O)/C(Cl)=C(/Cl)C(=O)Nc1cccc(C(=O)O)c1. The lowest BCUT2D eigenvalue weighted by molar-refractivity contribution is -0.132. The van der Waals surface area contributed by atoms with Crippen molar-refractivity contribution in [1.82, 2.24) is 0 Å². The molecule has 0 radical (unpaired) electrons. The third-order valence-corrected chi connectivity index (χ3v) is 2.76. The number of amides is 1. The van der Waals surface area contributed by atoms with E-state index in [1.165, 1.54) is 24.3 Å². The second-order valence-corrected chi connectivity index (χ2v) is 4.03. The van der Waals surface area contributed by atoms with Gasteiger partial charge in [0.1, 0.15) is 10.1 Å². The average Bonchev–Trinajstić information content (AvgIpc) is 2.37. The number of anilines is 1. The zero-order chi connectivity index (χ0) is 14.6. The third kappa shape index (κ3) is 3.97. The van der Waals surface area contributed by atoms with Crippen LogP contribution in [0.1, 0.15) is 10.4 Å². The molecule has 100 valence electrons. The first-order valence-electron chi connectivity index (χ1n) is 4.76. The van der Waals surface area contributed by atoms with Crippen LogP contribution in [0.2, 0.25) is 0 Å². The third-order valence-electron chi connectivity index (χ3n) is 1.95. The van der Waals surface area contributed by atoms with Crippen molar-refractivity contribution < 1.29 is 24.6 Å².